The summed E-state index contributed by atoms with van der Waals surface area (Å²) in [6, 6.07) is 31.2. The molecular formula is C39H43F2N3O6. The number of alkyl carbamates (subject to hydrolysis) is 1. The Morgan fingerprint density at radius 2 is 1.26 bits per heavy atom. The monoisotopic (exact) mass is 687 g/mol. The van der Waals surface area contributed by atoms with Crippen LogP contribution in [0.25, 0.3) is 0 Å². The molecule has 3 amide bonds. The molecule has 0 aliphatic rings. The van der Waals surface area contributed by atoms with Gasteiger partial charge in [0.2, 0.25) is 5.91 Å². The van der Waals surface area contributed by atoms with Gasteiger partial charge < -0.3 is 30.5 Å². The van der Waals surface area contributed by atoms with Crippen molar-refractivity contribution in [2.24, 2.45) is 5.92 Å². The van der Waals surface area contributed by atoms with E-state index in [4.69, 9.17) is 9.47 Å². The van der Waals surface area contributed by atoms with Gasteiger partial charge in [-0.15, -0.1) is 0 Å². The minimum Gasteiger partial charge on any atom is -0.489 e. The van der Waals surface area contributed by atoms with Crippen molar-refractivity contribution in [1.82, 2.24) is 16.0 Å². The van der Waals surface area contributed by atoms with Crippen molar-refractivity contribution in [2.75, 3.05) is 6.54 Å². The molecule has 2 unspecified atom stereocenters. The molecule has 4 N–H and O–H groups in total. The highest BCUT2D eigenvalue weighted by Gasteiger charge is 2.50. The highest BCUT2D eigenvalue weighted by molar-refractivity contribution is 5.87. The number of ether oxygens (including phenoxy) is 2. The number of amides is 3. The molecule has 0 heterocycles. The number of alkyl halides is 2. The first-order chi connectivity index (χ1) is 24.0. The second-order valence-electron chi connectivity index (χ2n) is 12.2. The number of carbonyl (C=O) groups is 3. The van der Waals surface area contributed by atoms with Crippen molar-refractivity contribution >= 4 is 17.9 Å². The average Bonchev–Trinajstić information content (AvgIpc) is 3.13. The number of benzene rings is 4. The molecule has 0 aromatic heterocycles. The topological polar surface area (TPSA) is 126 Å². The Balaban J connectivity index is 1.46. The largest absolute Gasteiger partial charge is 0.489 e. The lowest BCUT2D eigenvalue weighted by atomic mass is 9.95. The summed E-state index contributed by atoms with van der Waals surface area (Å²) in [6.45, 7) is 3.51. The molecule has 4 aromatic rings. The molecule has 0 aliphatic carbocycles. The summed E-state index contributed by atoms with van der Waals surface area (Å²) in [7, 11) is 0. The minimum atomic E-state index is -4.28. The number of hydrogen-bond acceptors (Lipinski definition) is 6. The Hall–Kier alpha value is -5.29. The van der Waals surface area contributed by atoms with E-state index < -0.39 is 47.9 Å². The Kier molecular flexibility index (Phi) is 13.9. The van der Waals surface area contributed by atoms with Crippen LogP contribution in [0.5, 0.6) is 5.75 Å². The number of halogens is 2. The smallest absolute Gasteiger partial charge is 0.408 e. The first-order valence-electron chi connectivity index (χ1n) is 16.4. The molecule has 0 fully saturated rings. The predicted molar refractivity (Wildman–Crippen MR) is 185 cm³/mol. The maximum Gasteiger partial charge on any atom is 0.408 e. The van der Waals surface area contributed by atoms with Crippen LogP contribution in [0.4, 0.5) is 13.6 Å². The van der Waals surface area contributed by atoms with Crippen LogP contribution in [0, 0.1) is 5.92 Å². The number of aliphatic hydroxyl groups is 1. The molecule has 264 valence electrons. The van der Waals surface area contributed by atoms with Crippen molar-refractivity contribution in [1.29, 1.82) is 0 Å². The molecule has 4 aromatic carbocycles. The Bertz CT molecular complexity index is 1640. The predicted octanol–water partition coefficient (Wildman–Crippen LogP) is 5.60. The molecule has 0 aliphatic heterocycles. The van der Waals surface area contributed by atoms with E-state index in [9.17, 15) is 19.5 Å². The van der Waals surface area contributed by atoms with E-state index in [0.29, 0.717) is 24.3 Å². The highest BCUT2D eigenvalue weighted by Crippen LogP contribution is 2.25. The van der Waals surface area contributed by atoms with Gasteiger partial charge in [-0.25, -0.2) is 4.79 Å². The zero-order valence-electron chi connectivity index (χ0n) is 28.1. The van der Waals surface area contributed by atoms with Gasteiger partial charge in [0.1, 0.15) is 31.1 Å². The van der Waals surface area contributed by atoms with Crippen LogP contribution in [-0.4, -0.2) is 53.7 Å². The molecular weight excluding hydrogens is 644 g/mol. The maximum absolute atomic E-state index is 15.6. The van der Waals surface area contributed by atoms with Crippen molar-refractivity contribution in [3.05, 3.63) is 138 Å². The fourth-order valence-electron chi connectivity index (χ4n) is 5.13. The van der Waals surface area contributed by atoms with Crippen LogP contribution in [0.1, 0.15) is 36.1 Å². The second-order valence-corrected chi connectivity index (χ2v) is 12.2. The molecule has 50 heavy (non-hydrogen) atoms. The van der Waals surface area contributed by atoms with E-state index in [1.54, 1.807) is 86.6 Å². The molecule has 0 saturated heterocycles. The highest BCUT2D eigenvalue weighted by atomic mass is 19.3. The van der Waals surface area contributed by atoms with Crippen LogP contribution in [-0.2, 0) is 40.4 Å². The number of rotatable bonds is 17. The molecule has 11 heteroatoms. The molecule has 0 saturated carbocycles. The zero-order valence-corrected chi connectivity index (χ0v) is 28.1. The normalized spacial score (nSPS) is 13.1. The summed E-state index contributed by atoms with van der Waals surface area (Å²) in [4.78, 5) is 38.9. The van der Waals surface area contributed by atoms with E-state index >= 15 is 8.78 Å². The number of carbonyl (C=O) groups excluding carboxylic acids is 3. The summed E-state index contributed by atoms with van der Waals surface area (Å²) in [5.74, 6) is -6.74. The first-order valence-corrected chi connectivity index (χ1v) is 16.4. The molecule has 0 radical (unpaired) electrons. The van der Waals surface area contributed by atoms with Crippen LogP contribution in [0.2, 0.25) is 0 Å². The summed E-state index contributed by atoms with van der Waals surface area (Å²) < 4.78 is 42.2. The third-order valence-corrected chi connectivity index (χ3v) is 7.99. The maximum atomic E-state index is 15.6. The average molecular weight is 688 g/mol. The fraction of sp³-hybridized carbons (Fsp3) is 0.308. The Morgan fingerprint density at radius 3 is 1.82 bits per heavy atom. The third-order valence-electron chi connectivity index (χ3n) is 7.99. The van der Waals surface area contributed by atoms with E-state index in [-0.39, 0.29) is 19.6 Å². The molecule has 0 bridgehead atoms. The van der Waals surface area contributed by atoms with Gasteiger partial charge in [-0.05, 0) is 53.1 Å². The second kappa shape index (κ2) is 18.5. The number of hydrogen-bond donors (Lipinski definition) is 4. The van der Waals surface area contributed by atoms with Crippen molar-refractivity contribution in [3.8, 4) is 5.75 Å². The standard InChI is InChI=1S/C39H43F2N3O6/c1-27(2)34(44-38(48)50-26-31-16-10-5-11-17-31)36(46)43-33(24-29-18-20-32(21-19-29)49-25-30-14-8-4-9-15-30)35(45)39(40,41)37(47)42-23-22-28-12-6-3-7-13-28/h3-21,27,33-35,45H,22-26H2,1-2H3,(H,42,47)(H,43,46)(H,44,48)/t33?,34-,35?/m0/s1. The van der Waals surface area contributed by atoms with Gasteiger partial charge in [0.15, 0.2) is 0 Å². The van der Waals surface area contributed by atoms with Crippen LogP contribution in [0.15, 0.2) is 115 Å². The van der Waals surface area contributed by atoms with Gasteiger partial charge in [0.25, 0.3) is 5.91 Å². The summed E-state index contributed by atoms with van der Waals surface area (Å²) in [5, 5.41) is 18.2. The van der Waals surface area contributed by atoms with E-state index in [1.165, 1.54) is 0 Å². The SMILES string of the molecule is CC(C)[C@H](NC(=O)OCc1ccccc1)C(=O)NC(Cc1ccc(OCc2ccccc2)cc1)C(O)C(F)(F)C(=O)NCCc1ccccc1. The Morgan fingerprint density at radius 1 is 0.720 bits per heavy atom. The third kappa shape index (κ3) is 11.4. The van der Waals surface area contributed by atoms with Gasteiger partial charge in [-0.2, -0.15) is 8.78 Å². The Labute approximate surface area is 291 Å². The van der Waals surface area contributed by atoms with Crippen molar-refractivity contribution < 1.29 is 37.7 Å². The number of aliphatic hydroxyl groups excluding tert-OH is 1. The van der Waals surface area contributed by atoms with Gasteiger partial charge in [0.05, 0.1) is 6.04 Å². The molecule has 4 rings (SSSR count). The van der Waals surface area contributed by atoms with Crippen molar-refractivity contribution in [2.45, 2.75) is 64.0 Å². The summed E-state index contributed by atoms with van der Waals surface area (Å²) in [6.07, 6.45) is -3.45. The van der Waals surface area contributed by atoms with E-state index in [2.05, 4.69) is 16.0 Å². The molecule has 3 atom stereocenters. The first kappa shape index (κ1) is 37.5. The lowest BCUT2D eigenvalue weighted by molar-refractivity contribution is -0.167. The van der Waals surface area contributed by atoms with Crippen molar-refractivity contribution in [3.63, 3.8) is 0 Å². The lowest BCUT2D eigenvalue weighted by Gasteiger charge is -2.31. The van der Waals surface area contributed by atoms with E-state index in [1.807, 2.05) is 42.5 Å². The van der Waals surface area contributed by atoms with Crippen LogP contribution in [0.3, 0.4) is 0 Å². The lowest BCUT2D eigenvalue weighted by Crippen LogP contribution is -2.61. The zero-order chi connectivity index (χ0) is 35.9. The quantitative estimate of drug-likeness (QED) is 0.115. The summed E-state index contributed by atoms with van der Waals surface area (Å²) >= 11 is 0. The summed E-state index contributed by atoms with van der Waals surface area (Å²) in [5.41, 5.74) is 3.02. The molecule has 0 spiro atoms. The number of nitrogens with one attached hydrogen (secondary N) is 3. The van der Waals surface area contributed by atoms with Gasteiger partial charge in [-0.3, -0.25) is 9.59 Å². The fourth-order valence-corrected chi connectivity index (χ4v) is 5.13. The van der Waals surface area contributed by atoms with Crippen LogP contribution < -0.4 is 20.7 Å². The van der Waals surface area contributed by atoms with Gasteiger partial charge >= 0.3 is 12.0 Å². The van der Waals surface area contributed by atoms with Gasteiger partial charge in [0, 0.05) is 6.54 Å². The van der Waals surface area contributed by atoms with E-state index in [0.717, 1.165) is 16.7 Å². The van der Waals surface area contributed by atoms with Crippen LogP contribution >= 0.6 is 0 Å². The minimum absolute atomic E-state index is 0.0445. The molecule has 9 nitrogen and oxygen atoms in total. The van der Waals surface area contributed by atoms with Gasteiger partial charge in [-0.1, -0.05) is 117 Å².